The van der Waals surface area contributed by atoms with Crippen molar-refractivity contribution in [2.75, 3.05) is 26.3 Å². The van der Waals surface area contributed by atoms with E-state index in [1.54, 1.807) is 12.2 Å². The molecule has 5 heteroatoms. The van der Waals surface area contributed by atoms with Crippen molar-refractivity contribution in [2.45, 2.75) is 33.1 Å². The summed E-state index contributed by atoms with van der Waals surface area (Å²) in [5.74, 6) is 1.54. The quantitative estimate of drug-likeness (QED) is 0.422. The van der Waals surface area contributed by atoms with Crippen LogP contribution in [-0.4, -0.2) is 42.9 Å². The first-order valence-corrected chi connectivity index (χ1v) is 11.1. The molecule has 164 valence electrons. The van der Waals surface area contributed by atoms with Crippen LogP contribution in [0, 0.1) is 5.92 Å². The SMILES string of the molecule is CCCOc1ccc(/C=C/C(=O)N2CCC(C(=O)c3ccccc3)CC2)cc1OCC. The summed E-state index contributed by atoms with van der Waals surface area (Å²) in [5, 5.41) is 0. The van der Waals surface area contributed by atoms with Crippen LogP contribution in [0.2, 0.25) is 0 Å². The summed E-state index contributed by atoms with van der Waals surface area (Å²) in [7, 11) is 0. The Balaban J connectivity index is 1.57. The van der Waals surface area contributed by atoms with E-state index in [1.807, 2.05) is 60.4 Å². The Labute approximate surface area is 184 Å². The molecular formula is C26H31NO4. The van der Waals surface area contributed by atoms with Gasteiger partial charge in [-0.15, -0.1) is 0 Å². The number of piperidine rings is 1. The minimum atomic E-state index is -0.0325. The lowest BCUT2D eigenvalue weighted by Crippen LogP contribution is -2.39. The maximum absolute atomic E-state index is 12.6. The molecule has 1 heterocycles. The second-order valence-corrected chi connectivity index (χ2v) is 7.65. The molecule has 0 saturated carbocycles. The minimum Gasteiger partial charge on any atom is -0.490 e. The zero-order chi connectivity index (χ0) is 22.1. The van der Waals surface area contributed by atoms with Gasteiger partial charge in [0.2, 0.25) is 5.91 Å². The van der Waals surface area contributed by atoms with Gasteiger partial charge in [0.05, 0.1) is 13.2 Å². The fourth-order valence-corrected chi connectivity index (χ4v) is 3.70. The van der Waals surface area contributed by atoms with E-state index in [9.17, 15) is 9.59 Å². The van der Waals surface area contributed by atoms with Gasteiger partial charge in [-0.2, -0.15) is 0 Å². The standard InChI is InChI=1S/C26H31NO4/c1-3-18-31-23-12-10-20(19-24(23)30-4-2)11-13-25(28)27-16-14-22(15-17-27)26(29)21-8-6-5-7-9-21/h5-13,19,22H,3-4,14-18H2,1-2H3/b13-11+. The first-order valence-electron chi connectivity index (χ1n) is 11.1. The monoisotopic (exact) mass is 421 g/mol. The van der Waals surface area contributed by atoms with Gasteiger partial charge in [0.15, 0.2) is 17.3 Å². The predicted molar refractivity (Wildman–Crippen MR) is 123 cm³/mol. The smallest absolute Gasteiger partial charge is 0.246 e. The Morgan fingerprint density at radius 3 is 2.42 bits per heavy atom. The van der Waals surface area contributed by atoms with Crippen LogP contribution in [0.25, 0.3) is 6.08 Å². The lowest BCUT2D eigenvalue weighted by atomic mass is 9.89. The molecule has 1 saturated heterocycles. The van der Waals surface area contributed by atoms with Crippen LogP contribution in [0.5, 0.6) is 11.5 Å². The molecule has 0 aromatic heterocycles. The zero-order valence-corrected chi connectivity index (χ0v) is 18.4. The molecule has 0 unspecified atom stereocenters. The maximum atomic E-state index is 12.6. The average Bonchev–Trinajstić information content (AvgIpc) is 2.82. The average molecular weight is 422 g/mol. The van der Waals surface area contributed by atoms with Gasteiger partial charge in [-0.25, -0.2) is 0 Å². The van der Waals surface area contributed by atoms with Crippen LogP contribution in [0.1, 0.15) is 49.0 Å². The molecule has 0 bridgehead atoms. The van der Waals surface area contributed by atoms with Crippen molar-refractivity contribution in [2.24, 2.45) is 5.92 Å². The summed E-state index contributed by atoms with van der Waals surface area (Å²) in [6.07, 6.45) is 5.72. The summed E-state index contributed by atoms with van der Waals surface area (Å²) in [4.78, 5) is 27.1. The number of rotatable bonds is 9. The highest BCUT2D eigenvalue weighted by Crippen LogP contribution is 2.29. The highest BCUT2D eigenvalue weighted by molar-refractivity contribution is 5.98. The first kappa shape index (κ1) is 22.6. The van der Waals surface area contributed by atoms with E-state index < -0.39 is 0 Å². The minimum absolute atomic E-state index is 0.0140. The van der Waals surface area contributed by atoms with Gasteiger partial charge in [-0.1, -0.05) is 43.3 Å². The topological polar surface area (TPSA) is 55.8 Å². The Kier molecular flexibility index (Phi) is 8.27. The van der Waals surface area contributed by atoms with Gasteiger partial charge in [-0.3, -0.25) is 9.59 Å². The fourth-order valence-electron chi connectivity index (χ4n) is 3.70. The van der Waals surface area contributed by atoms with Gasteiger partial charge < -0.3 is 14.4 Å². The fraction of sp³-hybridized carbons (Fsp3) is 0.385. The number of amides is 1. The maximum Gasteiger partial charge on any atom is 0.246 e. The van der Waals surface area contributed by atoms with E-state index in [4.69, 9.17) is 9.47 Å². The molecule has 5 nitrogen and oxygen atoms in total. The van der Waals surface area contributed by atoms with Crippen molar-refractivity contribution in [3.05, 3.63) is 65.7 Å². The van der Waals surface area contributed by atoms with Gasteiger partial charge in [0.25, 0.3) is 0 Å². The summed E-state index contributed by atoms with van der Waals surface area (Å²) in [6.45, 7) is 6.37. The number of Topliss-reactive ketones (excluding diaryl/α,β-unsaturated/α-hetero) is 1. The number of hydrogen-bond donors (Lipinski definition) is 0. The number of hydrogen-bond acceptors (Lipinski definition) is 4. The van der Waals surface area contributed by atoms with Gasteiger partial charge in [0.1, 0.15) is 0 Å². The van der Waals surface area contributed by atoms with Crippen molar-refractivity contribution < 1.29 is 19.1 Å². The Bertz CT molecular complexity index is 899. The number of nitrogens with zero attached hydrogens (tertiary/aromatic N) is 1. The van der Waals surface area contributed by atoms with Crippen LogP contribution in [0.4, 0.5) is 0 Å². The molecular weight excluding hydrogens is 390 g/mol. The van der Waals surface area contributed by atoms with Crippen LogP contribution >= 0.6 is 0 Å². The van der Waals surface area contributed by atoms with E-state index >= 15 is 0 Å². The first-order chi connectivity index (χ1) is 15.1. The zero-order valence-electron chi connectivity index (χ0n) is 18.4. The molecule has 0 spiro atoms. The van der Waals surface area contributed by atoms with Gasteiger partial charge >= 0.3 is 0 Å². The summed E-state index contributed by atoms with van der Waals surface area (Å²) >= 11 is 0. The number of benzene rings is 2. The molecule has 3 rings (SSSR count). The largest absolute Gasteiger partial charge is 0.490 e. The van der Waals surface area contributed by atoms with E-state index in [1.165, 1.54) is 0 Å². The molecule has 0 atom stereocenters. The van der Waals surface area contributed by atoms with Crippen molar-refractivity contribution in [3.63, 3.8) is 0 Å². The molecule has 2 aromatic carbocycles. The summed E-state index contributed by atoms with van der Waals surface area (Å²) in [5.41, 5.74) is 1.64. The number of ketones is 1. The van der Waals surface area contributed by atoms with E-state index in [0.29, 0.717) is 44.9 Å². The third-order valence-electron chi connectivity index (χ3n) is 5.38. The lowest BCUT2D eigenvalue weighted by Gasteiger charge is -2.30. The Hall–Kier alpha value is -3.08. The van der Waals surface area contributed by atoms with E-state index in [0.717, 1.165) is 23.3 Å². The molecule has 0 N–H and O–H groups in total. The second kappa shape index (κ2) is 11.3. The number of carbonyl (C=O) groups excluding carboxylic acids is 2. The predicted octanol–water partition coefficient (Wildman–Crippen LogP) is 5.01. The van der Waals surface area contributed by atoms with Crippen LogP contribution < -0.4 is 9.47 Å². The Morgan fingerprint density at radius 2 is 1.74 bits per heavy atom. The third kappa shape index (κ3) is 6.20. The van der Waals surface area contributed by atoms with Crippen molar-refractivity contribution in [3.8, 4) is 11.5 Å². The second-order valence-electron chi connectivity index (χ2n) is 7.65. The number of carbonyl (C=O) groups is 2. The van der Waals surface area contributed by atoms with Crippen molar-refractivity contribution in [1.29, 1.82) is 0 Å². The molecule has 1 amide bonds. The van der Waals surface area contributed by atoms with Crippen molar-refractivity contribution >= 4 is 17.8 Å². The van der Waals surface area contributed by atoms with Crippen molar-refractivity contribution in [1.82, 2.24) is 4.90 Å². The molecule has 0 aliphatic carbocycles. The number of ether oxygens (including phenoxy) is 2. The van der Waals surface area contributed by atoms with E-state index in [-0.39, 0.29) is 17.6 Å². The highest BCUT2D eigenvalue weighted by atomic mass is 16.5. The molecule has 0 radical (unpaired) electrons. The van der Waals surface area contributed by atoms with Gasteiger partial charge in [0, 0.05) is 30.6 Å². The van der Waals surface area contributed by atoms with Crippen LogP contribution in [0.3, 0.4) is 0 Å². The lowest BCUT2D eigenvalue weighted by molar-refractivity contribution is -0.127. The third-order valence-corrected chi connectivity index (χ3v) is 5.38. The molecule has 2 aromatic rings. The van der Waals surface area contributed by atoms with Gasteiger partial charge in [-0.05, 0) is 50.0 Å². The summed E-state index contributed by atoms with van der Waals surface area (Å²) < 4.78 is 11.4. The summed E-state index contributed by atoms with van der Waals surface area (Å²) in [6, 6.07) is 15.1. The number of likely N-dealkylation sites (tertiary alicyclic amines) is 1. The Morgan fingerprint density at radius 1 is 1.00 bits per heavy atom. The van der Waals surface area contributed by atoms with E-state index in [2.05, 4.69) is 6.92 Å². The molecule has 31 heavy (non-hydrogen) atoms. The normalized spacial score (nSPS) is 14.6. The molecule has 1 aliphatic heterocycles. The molecule has 1 fully saturated rings. The van der Waals surface area contributed by atoms with Crippen LogP contribution in [0.15, 0.2) is 54.6 Å². The highest BCUT2D eigenvalue weighted by Gasteiger charge is 2.27. The molecule has 1 aliphatic rings. The van der Waals surface area contributed by atoms with Crippen LogP contribution in [-0.2, 0) is 4.79 Å².